The molecule has 0 aromatic carbocycles. The summed E-state index contributed by atoms with van der Waals surface area (Å²) < 4.78 is 1.70. The molecule has 110 valence electrons. The largest absolute Gasteiger partial charge is 0.396 e. The molecule has 21 heavy (non-hydrogen) atoms. The summed E-state index contributed by atoms with van der Waals surface area (Å²) in [6, 6.07) is 1.86. The van der Waals surface area contributed by atoms with Crippen LogP contribution in [0.1, 0.15) is 24.5 Å². The van der Waals surface area contributed by atoms with Crippen molar-refractivity contribution in [2.75, 3.05) is 11.9 Å². The Kier molecular flexibility index (Phi) is 5.20. The molecule has 2 N–H and O–H groups in total. The van der Waals surface area contributed by atoms with Crippen LogP contribution in [0.3, 0.4) is 0 Å². The van der Waals surface area contributed by atoms with Crippen LogP contribution in [0, 0.1) is 11.8 Å². The third-order valence-electron chi connectivity index (χ3n) is 2.88. The average molecular weight is 305 g/mol. The van der Waals surface area contributed by atoms with Gasteiger partial charge in [0.05, 0.1) is 23.0 Å². The number of nitrogens with one attached hydrogen (secondary N) is 1. The molecule has 0 aliphatic rings. The summed E-state index contributed by atoms with van der Waals surface area (Å²) in [4.78, 5) is 4.06. The number of aliphatic hydroxyl groups is 1. The Morgan fingerprint density at radius 3 is 2.90 bits per heavy atom. The summed E-state index contributed by atoms with van der Waals surface area (Å²) in [7, 11) is 1.85. The van der Waals surface area contributed by atoms with E-state index in [0.717, 1.165) is 16.8 Å². The van der Waals surface area contributed by atoms with Crippen LogP contribution in [0.5, 0.6) is 0 Å². The van der Waals surface area contributed by atoms with Crippen molar-refractivity contribution < 1.29 is 5.11 Å². The first kappa shape index (κ1) is 15.4. The lowest BCUT2D eigenvalue weighted by Gasteiger charge is -2.15. The van der Waals surface area contributed by atoms with Gasteiger partial charge in [-0.15, -0.1) is 0 Å². The van der Waals surface area contributed by atoms with Gasteiger partial charge in [-0.05, 0) is 19.4 Å². The lowest BCUT2D eigenvalue weighted by Crippen LogP contribution is -2.17. The summed E-state index contributed by atoms with van der Waals surface area (Å²) >= 11 is 5.94. The number of nitrogens with zero attached hydrogens (tertiary/aromatic N) is 3. The zero-order chi connectivity index (χ0) is 15.2. The van der Waals surface area contributed by atoms with Crippen molar-refractivity contribution in [1.82, 2.24) is 14.8 Å². The van der Waals surface area contributed by atoms with Crippen molar-refractivity contribution in [3.05, 3.63) is 40.9 Å². The highest BCUT2D eigenvalue weighted by Gasteiger charge is 2.06. The van der Waals surface area contributed by atoms with Gasteiger partial charge >= 0.3 is 0 Å². The monoisotopic (exact) mass is 304 g/mol. The summed E-state index contributed by atoms with van der Waals surface area (Å²) in [5.74, 6) is 6.11. The maximum absolute atomic E-state index is 8.98. The molecular formula is C15H17ClN4O. The van der Waals surface area contributed by atoms with Crippen LogP contribution in [-0.4, -0.2) is 32.5 Å². The highest BCUT2D eigenvalue weighted by atomic mass is 35.5. The zero-order valence-electron chi connectivity index (χ0n) is 12.0. The Hall–Kier alpha value is -2.03. The third kappa shape index (κ3) is 4.48. The van der Waals surface area contributed by atoms with E-state index in [1.807, 2.05) is 20.2 Å². The molecule has 0 fully saturated rings. The Morgan fingerprint density at radius 2 is 2.24 bits per heavy atom. The topological polar surface area (TPSA) is 63.0 Å². The zero-order valence-corrected chi connectivity index (χ0v) is 12.7. The predicted octanol–water partition coefficient (Wildman–Crippen LogP) is 2.05. The minimum absolute atomic E-state index is 0.118. The van der Waals surface area contributed by atoms with Crippen LogP contribution in [0.25, 0.3) is 0 Å². The van der Waals surface area contributed by atoms with Gasteiger partial charge in [-0.2, -0.15) is 5.10 Å². The van der Waals surface area contributed by atoms with Crippen LogP contribution >= 0.6 is 11.6 Å². The summed E-state index contributed by atoms with van der Waals surface area (Å²) in [5.41, 5.74) is 2.40. The molecule has 0 radical (unpaired) electrons. The molecule has 0 aliphatic heterocycles. The minimum Gasteiger partial charge on any atom is -0.396 e. The van der Waals surface area contributed by atoms with Gasteiger partial charge in [0.1, 0.15) is 5.15 Å². The Morgan fingerprint density at radius 1 is 1.43 bits per heavy atom. The molecule has 2 aromatic heterocycles. The lowest BCUT2D eigenvalue weighted by molar-refractivity contribution is 0.282. The van der Waals surface area contributed by atoms with E-state index >= 15 is 0 Å². The molecule has 0 unspecified atom stereocenters. The van der Waals surface area contributed by atoms with Gasteiger partial charge in [0, 0.05) is 32.1 Å². The third-order valence-corrected chi connectivity index (χ3v) is 3.09. The molecule has 0 saturated carbocycles. The molecule has 0 amide bonds. The smallest absolute Gasteiger partial charge is 0.131 e. The summed E-state index contributed by atoms with van der Waals surface area (Å²) in [6.45, 7) is 2.12. The van der Waals surface area contributed by atoms with Gasteiger partial charge in [-0.3, -0.25) is 4.68 Å². The van der Waals surface area contributed by atoms with Crippen LogP contribution in [0.4, 0.5) is 5.69 Å². The molecule has 1 atom stereocenters. The average Bonchev–Trinajstić information content (AvgIpc) is 2.84. The van der Waals surface area contributed by atoms with Crippen molar-refractivity contribution in [2.24, 2.45) is 7.05 Å². The second-order valence-electron chi connectivity index (χ2n) is 4.76. The van der Waals surface area contributed by atoms with E-state index in [2.05, 4.69) is 27.2 Å². The maximum Gasteiger partial charge on any atom is 0.131 e. The van der Waals surface area contributed by atoms with Crippen molar-refractivity contribution in [3.63, 3.8) is 0 Å². The number of hydrogen-bond donors (Lipinski definition) is 2. The SMILES string of the molecule is C[C@H](CCO)Nc1cc(Cl)ncc1C#Cc1cnn(C)c1. The highest BCUT2D eigenvalue weighted by molar-refractivity contribution is 6.29. The fourth-order valence-electron chi connectivity index (χ4n) is 1.81. The van der Waals surface area contributed by atoms with Crippen LogP contribution in [0.15, 0.2) is 24.7 Å². The standard InChI is InChI=1S/C15H17ClN4O/c1-11(5-6-21)19-14-7-15(16)17-9-13(14)4-3-12-8-18-20(2)10-12/h7-11,21H,5-6H2,1-2H3,(H,17,19)/t11-/m1/s1. The quantitative estimate of drug-likeness (QED) is 0.670. The van der Waals surface area contributed by atoms with Crippen LogP contribution in [0.2, 0.25) is 5.15 Å². The van der Waals surface area contributed by atoms with Crippen LogP contribution < -0.4 is 5.32 Å². The number of aliphatic hydroxyl groups excluding tert-OH is 1. The molecular weight excluding hydrogens is 288 g/mol. The first-order valence-electron chi connectivity index (χ1n) is 6.62. The summed E-state index contributed by atoms with van der Waals surface area (Å²) in [6.07, 6.45) is 5.84. The normalized spacial score (nSPS) is 11.6. The van der Waals surface area contributed by atoms with E-state index in [1.54, 1.807) is 23.1 Å². The molecule has 0 aliphatic carbocycles. The van der Waals surface area contributed by atoms with E-state index in [-0.39, 0.29) is 12.6 Å². The number of anilines is 1. The first-order chi connectivity index (χ1) is 10.1. The van der Waals surface area contributed by atoms with Crippen molar-refractivity contribution in [2.45, 2.75) is 19.4 Å². The Bertz CT molecular complexity index is 672. The van der Waals surface area contributed by atoms with Crippen molar-refractivity contribution in [3.8, 4) is 11.8 Å². The second-order valence-corrected chi connectivity index (χ2v) is 5.15. The van der Waals surface area contributed by atoms with Gasteiger partial charge in [0.25, 0.3) is 0 Å². The number of halogens is 1. The van der Waals surface area contributed by atoms with E-state index in [4.69, 9.17) is 16.7 Å². The van der Waals surface area contributed by atoms with E-state index in [1.165, 1.54) is 0 Å². The van der Waals surface area contributed by atoms with E-state index < -0.39 is 0 Å². The molecule has 0 saturated heterocycles. The number of aryl methyl sites for hydroxylation is 1. The lowest BCUT2D eigenvalue weighted by atomic mass is 10.2. The highest BCUT2D eigenvalue weighted by Crippen LogP contribution is 2.19. The maximum atomic E-state index is 8.98. The predicted molar refractivity (Wildman–Crippen MR) is 83.2 cm³/mol. The molecule has 5 nitrogen and oxygen atoms in total. The van der Waals surface area contributed by atoms with Gasteiger partial charge < -0.3 is 10.4 Å². The Labute approximate surface area is 129 Å². The molecule has 0 spiro atoms. The van der Waals surface area contributed by atoms with Crippen molar-refractivity contribution >= 4 is 17.3 Å². The van der Waals surface area contributed by atoms with Crippen molar-refractivity contribution in [1.29, 1.82) is 0 Å². The fraction of sp³-hybridized carbons (Fsp3) is 0.333. The molecule has 6 heteroatoms. The van der Waals surface area contributed by atoms with E-state index in [0.29, 0.717) is 11.6 Å². The van der Waals surface area contributed by atoms with Gasteiger partial charge in [0.2, 0.25) is 0 Å². The first-order valence-corrected chi connectivity index (χ1v) is 7.00. The number of hydrogen-bond acceptors (Lipinski definition) is 4. The molecule has 0 bridgehead atoms. The van der Waals surface area contributed by atoms with Crippen LogP contribution in [-0.2, 0) is 7.05 Å². The summed E-state index contributed by atoms with van der Waals surface area (Å²) in [5, 5.41) is 16.7. The van der Waals surface area contributed by atoms with Gasteiger partial charge in [-0.25, -0.2) is 4.98 Å². The molecule has 2 rings (SSSR count). The van der Waals surface area contributed by atoms with E-state index in [9.17, 15) is 0 Å². The molecule has 2 heterocycles. The number of pyridine rings is 1. The number of rotatable bonds is 4. The molecule has 2 aromatic rings. The second kappa shape index (κ2) is 7.11. The number of aromatic nitrogens is 3. The van der Waals surface area contributed by atoms with Gasteiger partial charge in [0.15, 0.2) is 0 Å². The fourth-order valence-corrected chi connectivity index (χ4v) is 1.96. The van der Waals surface area contributed by atoms with Gasteiger partial charge in [-0.1, -0.05) is 23.4 Å². The Balaban J connectivity index is 2.24. The minimum atomic E-state index is 0.118.